The van der Waals surface area contributed by atoms with Crippen molar-refractivity contribution in [1.29, 1.82) is 0 Å². The second-order valence-electron chi connectivity index (χ2n) is 7.65. The van der Waals surface area contributed by atoms with Gasteiger partial charge in [0.05, 0.1) is 0 Å². The van der Waals surface area contributed by atoms with Gasteiger partial charge in [0.1, 0.15) is 0 Å². The van der Waals surface area contributed by atoms with E-state index in [1.54, 1.807) is 0 Å². The maximum atomic E-state index is 12.7. The highest BCUT2D eigenvalue weighted by molar-refractivity contribution is 5.79. The summed E-state index contributed by atoms with van der Waals surface area (Å²) in [7, 11) is 2.11. The van der Waals surface area contributed by atoms with Crippen molar-refractivity contribution in [3.8, 4) is 0 Å². The largest absolute Gasteiger partial charge is 0.356 e. The van der Waals surface area contributed by atoms with Gasteiger partial charge in [-0.15, -0.1) is 0 Å². The van der Waals surface area contributed by atoms with E-state index in [-0.39, 0.29) is 23.3 Å². The van der Waals surface area contributed by atoms with Crippen molar-refractivity contribution in [3.63, 3.8) is 0 Å². The molecule has 7 heteroatoms. The fraction of sp³-hybridized carbons (Fsp3) is 0.833. The molecule has 0 aromatic carbocycles. The third kappa shape index (κ3) is 4.14. The van der Waals surface area contributed by atoms with Gasteiger partial charge in [-0.3, -0.25) is 19.3 Å². The SMILES string of the molecule is CN1CCN(C(=O)CCCN2CCCC2=O)C[C@]12CCNC(=O)CC2. The molecule has 0 aromatic rings. The Bertz CT molecular complexity index is 538. The number of carbonyl (C=O) groups excluding carboxylic acids is 3. The molecule has 7 nitrogen and oxygen atoms in total. The van der Waals surface area contributed by atoms with E-state index in [4.69, 9.17) is 0 Å². The Balaban J connectivity index is 1.52. The minimum atomic E-state index is -0.0853. The zero-order valence-electron chi connectivity index (χ0n) is 15.3. The van der Waals surface area contributed by atoms with Gasteiger partial charge in [0.15, 0.2) is 0 Å². The minimum absolute atomic E-state index is 0.0853. The highest BCUT2D eigenvalue weighted by Gasteiger charge is 2.41. The predicted octanol–water partition coefficient (Wildman–Crippen LogP) is 0.202. The zero-order chi connectivity index (χ0) is 17.9. The van der Waals surface area contributed by atoms with E-state index in [1.807, 2.05) is 9.80 Å². The summed E-state index contributed by atoms with van der Waals surface area (Å²) in [5.41, 5.74) is -0.0853. The first-order chi connectivity index (χ1) is 12.0. The van der Waals surface area contributed by atoms with E-state index < -0.39 is 0 Å². The number of hydrogen-bond donors (Lipinski definition) is 1. The number of likely N-dealkylation sites (N-methyl/N-ethyl adjacent to an activating group) is 1. The van der Waals surface area contributed by atoms with E-state index in [0.29, 0.717) is 38.9 Å². The molecule has 0 bridgehead atoms. The van der Waals surface area contributed by atoms with Crippen molar-refractivity contribution < 1.29 is 14.4 Å². The number of carbonyl (C=O) groups is 3. The topological polar surface area (TPSA) is 73.0 Å². The van der Waals surface area contributed by atoms with Gasteiger partial charge < -0.3 is 15.1 Å². The standard InChI is InChI=1S/C18H30N4O3/c1-20-12-13-22(14-18(20)7-6-15(23)19-9-8-18)17(25)5-3-11-21-10-2-4-16(21)24/h2-14H2,1H3,(H,19,23)/t18-/m0/s1. The summed E-state index contributed by atoms with van der Waals surface area (Å²) in [5.74, 6) is 0.522. The van der Waals surface area contributed by atoms with Gasteiger partial charge in [0, 0.05) is 64.1 Å². The number of amides is 3. The van der Waals surface area contributed by atoms with Crippen LogP contribution in [0.2, 0.25) is 0 Å². The molecule has 25 heavy (non-hydrogen) atoms. The molecule has 3 rings (SSSR count). The predicted molar refractivity (Wildman–Crippen MR) is 93.8 cm³/mol. The van der Waals surface area contributed by atoms with Crippen molar-refractivity contribution in [3.05, 3.63) is 0 Å². The van der Waals surface area contributed by atoms with Crippen molar-refractivity contribution in [2.24, 2.45) is 0 Å². The first kappa shape index (κ1) is 18.2. The zero-order valence-corrected chi connectivity index (χ0v) is 15.3. The normalized spacial score (nSPS) is 28.4. The molecule has 3 amide bonds. The Kier molecular flexibility index (Phi) is 5.61. The molecule has 1 spiro atoms. The quantitative estimate of drug-likeness (QED) is 0.786. The molecule has 0 aliphatic carbocycles. The maximum Gasteiger partial charge on any atom is 0.222 e. The molecule has 140 valence electrons. The van der Waals surface area contributed by atoms with Crippen LogP contribution in [0.4, 0.5) is 0 Å². The van der Waals surface area contributed by atoms with Gasteiger partial charge in [-0.25, -0.2) is 0 Å². The Morgan fingerprint density at radius 1 is 1.16 bits per heavy atom. The van der Waals surface area contributed by atoms with E-state index in [0.717, 1.165) is 45.3 Å². The Labute approximate surface area is 149 Å². The molecule has 3 aliphatic heterocycles. The van der Waals surface area contributed by atoms with Crippen molar-refractivity contribution in [2.75, 3.05) is 46.3 Å². The molecular formula is C18H30N4O3. The Morgan fingerprint density at radius 2 is 2.00 bits per heavy atom. The van der Waals surface area contributed by atoms with Crippen LogP contribution in [0.5, 0.6) is 0 Å². The van der Waals surface area contributed by atoms with Crippen LogP contribution in [0.25, 0.3) is 0 Å². The minimum Gasteiger partial charge on any atom is -0.356 e. The first-order valence-electron chi connectivity index (χ1n) is 9.54. The fourth-order valence-corrected chi connectivity index (χ4v) is 4.33. The van der Waals surface area contributed by atoms with E-state index in [2.05, 4.69) is 17.3 Å². The number of piperazine rings is 1. The Hall–Kier alpha value is -1.63. The molecule has 0 radical (unpaired) electrons. The molecule has 1 N–H and O–H groups in total. The van der Waals surface area contributed by atoms with Crippen LogP contribution in [-0.2, 0) is 14.4 Å². The van der Waals surface area contributed by atoms with Gasteiger partial charge in [-0.05, 0) is 32.7 Å². The van der Waals surface area contributed by atoms with Crippen LogP contribution in [0.15, 0.2) is 0 Å². The molecule has 0 saturated carbocycles. The number of hydrogen-bond acceptors (Lipinski definition) is 4. The van der Waals surface area contributed by atoms with E-state index >= 15 is 0 Å². The van der Waals surface area contributed by atoms with Gasteiger partial charge in [-0.2, -0.15) is 0 Å². The smallest absolute Gasteiger partial charge is 0.222 e. The summed E-state index contributed by atoms with van der Waals surface area (Å²) in [5, 5.41) is 2.94. The van der Waals surface area contributed by atoms with Gasteiger partial charge >= 0.3 is 0 Å². The van der Waals surface area contributed by atoms with Crippen LogP contribution < -0.4 is 5.32 Å². The van der Waals surface area contributed by atoms with Gasteiger partial charge in [-0.1, -0.05) is 0 Å². The monoisotopic (exact) mass is 350 g/mol. The second-order valence-corrected chi connectivity index (χ2v) is 7.65. The molecule has 0 aromatic heterocycles. The van der Waals surface area contributed by atoms with Crippen molar-refractivity contribution in [2.45, 2.75) is 50.5 Å². The summed E-state index contributed by atoms with van der Waals surface area (Å²) >= 11 is 0. The van der Waals surface area contributed by atoms with Crippen molar-refractivity contribution >= 4 is 17.7 Å². The van der Waals surface area contributed by atoms with Crippen LogP contribution in [0.1, 0.15) is 44.9 Å². The number of rotatable bonds is 4. The van der Waals surface area contributed by atoms with Crippen LogP contribution >= 0.6 is 0 Å². The lowest BCUT2D eigenvalue weighted by atomic mass is 9.86. The molecule has 3 aliphatic rings. The number of nitrogens with one attached hydrogen (secondary N) is 1. The maximum absolute atomic E-state index is 12.7. The molecule has 0 unspecified atom stereocenters. The molecule has 3 fully saturated rings. The van der Waals surface area contributed by atoms with Crippen molar-refractivity contribution in [1.82, 2.24) is 20.0 Å². The first-order valence-corrected chi connectivity index (χ1v) is 9.54. The fourth-order valence-electron chi connectivity index (χ4n) is 4.33. The van der Waals surface area contributed by atoms with Gasteiger partial charge in [0.2, 0.25) is 17.7 Å². The summed E-state index contributed by atoms with van der Waals surface area (Å²) in [6.45, 7) is 4.53. The summed E-state index contributed by atoms with van der Waals surface area (Å²) in [6, 6.07) is 0. The molecule has 3 saturated heterocycles. The highest BCUT2D eigenvalue weighted by atomic mass is 16.2. The average Bonchev–Trinajstić information content (AvgIpc) is 2.90. The lowest BCUT2D eigenvalue weighted by Crippen LogP contribution is -2.62. The Morgan fingerprint density at radius 3 is 2.76 bits per heavy atom. The molecule has 3 heterocycles. The third-order valence-corrected chi connectivity index (χ3v) is 6.07. The number of nitrogens with zero attached hydrogens (tertiary/aromatic N) is 3. The van der Waals surface area contributed by atoms with Gasteiger partial charge in [0.25, 0.3) is 0 Å². The molecular weight excluding hydrogens is 320 g/mol. The molecule has 1 atom stereocenters. The highest BCUT2D eigenvalue weighted by Crippen LogP contribution is 2.30. The second kappa shape index (κ2) is 7.72. The average molecular weight is 350 g/mol. The number of likely N-dealkylation sites (tertiary alicyclic amines) is 1. The van der Waals surface area contributed by atoms with E-state index in [1.165, 1.54) is 0 Å². The summed E-state index contributed by atoms with van der Waals surface area (Å²) < 4.78 is 0. The van der Waals surface area contributed by atoms with Crippen LogP contribution in [0, 0.1) is 0 Å². The lowest BCUT2D eigenvalue weighted by molar-refractivity contribution is -0.137. The van der Waals surface area contributed by atoms with E-state index in [9.17, 15) is 14.4 Å². The van der Waals surface area contributed by atoms with Crippen LogP contribution in [0.3, 0.4) is 0 Å². The third-order valence-electron chi connectivity index (χ3n) is 6.07. The van der Waals surface area contributed by atoms with Crippen LogP contribution in [-0.4, -0.2) is 84.3 Å². The lowest BCUT2D eigenvalue weighted by Gasteiger charge is -2.49. The summed E-state index contributed by atoms with van der Waals surface area (Å²) in [6.07, 6.45) is 5.07. The summed E-state index contributed by atoms with van der Waals surface area (Å²) in [4.78, 5) is 42.2.